The van der Waals surface area contributed by atoms with Gasteiger partial charge in [-0.15, -0.1) is 0 Å². The number of carbonyl (C=O) groups excluding carboxylic acids is 2. The Balaban J connectivity index is 1.37. The zero-order chi connectivity index (χ0) is 30.8. The van der Waals surface area contributed by atoms with E-state index >= 15 is 0 Å². The van der Waals surface area contributed by atoms with E-state index in [1.54, 1.807) is 42.6 Å². The smallest absolute Gasteiger partial charge is 0.252 e. The van der Waals surface area contributed by atoms with Gasteiger partial charge in [0.2, 0.25) is 0 Å². The first-order valence-corrected chi connectivity index (χ1v) is 14.5. The largest absolute Gasteiger partial charge is 0.492 e. The lowest BCUT2D eigenvalue weighted by Crippen LogP contribution is -2.35. The molecule has 3 aromatic carbocycles. The molecule has 3 N–H and O–H groups in total. The molecule has 0 aliphatic heterocycles. The standard InChI is InChI=1S/C35H33FN4O4/c1-40(2)17-18-43-28-12-9-24(34(42)39-35(14-15-35)31-5-3-4-16-38-31)21-26(28)23-8-13-29-27(20-23)32(33(37)41)30(44-29)19-22-6-10-25(36)11-7-22/h3-13,16,20-21H,14-15,17-19H2,1-2H3,(H2,37,41)(H,39,42). The van der Waals surface area contributed by atoms with Crippen LogP contribution in [-0.4, -0.2) is 48.9 Å². The van der Waals surface area contributed by atoms with Crippen LogP contribution >= 0.6 is 0 Å². The number of nitrogens with zero attached hydrogens (tertiary/aromatic N) is 2. The van der Waals surface area contributed by atoms with Crippen molar-refractivity contribution in [3.63, 3.8) is 0 Å². The minimum atomic E-state index is -0.627. The second-order valence-electron chi connectivity index (χ2n) is 11.4. The van der Waals surface area contributed by atoms with Crippen molar-refractivity contribution in [2.45, 2.75) is 24.8 Å². The number of rotatable bonds is 11. The Morgan fingerprint density at radius 3 is 2.52 bits per heavy atom. The summed E-state index contributed by atoms with van der Waals surface area (Å²) in [4.78, 5) is 32.7. The molecule has 6 rings (SSSR count). The highest BCUT2D eigenvalue weighted by Gasteiger charge is 2.47. The topological polar surface area (TPSA) is 111 Å². The average molecular weight is 593 g/mol. The number of amides is 2. The van der Waals surface area contributed by atoms with Gasteiger partial charge in [0.15, 0.2) is 0 Å². The maximum absolute atomic E-state index is 13.5. The molecule has 0 bridgehead atoms. The van der Waals surface area contributed by atoms with E-state index in [1.165, 1.54) is 12.1 Å². The molecule has 5 aromatic rings. The number of ether oxygens (including phenoxy) is 1. The van der Waals surface area contributed by atoms with Gasteiger partial charge in [-0.3, -0.25) is 14.6 Å². The van der Waals surface area contributed by atoms with Crippen LogP contribution < -0.4 is 15.8 Å². The number of likely N-dealkylation sites (N-methyl/N-ethyl adjacent to an activating group) is 1. The van der Waals surface area contributed by atoms with Gasteiger partial charge in [-0.1, -0.05) is 24.3 Å². The van der Waals surface area contributed by atoms with Crippen molar-refractivity contribution in [2.75, 3.05) is 27.2 Å². The number of hydrogen-bond acceptors (Lipinski definition) is 6. The third kappa shape index (κ3) is 6.05. The summed E-state index contributed by atoms with van der Waals surface area (Å²) in [5.41, 5.74) is 9.66. The van der Waals surface area contributed by atoms with E-state index < -0.39 is 11.4 Å². The molecule has 44 heavy (non-hydrogen) atoms. The quantitative estimate of drug-likeness (QED) is 0.204. The minimum absolute atomic E-state index is 0.210. The Labute approximate surface area is 254 Å². The van der Waals surface area contributed by atoms with Gasteiger partial charge in [0.1, 0.15) is 29.5 Å². The highest BCUT2D eigenvalue weighted by Crippen LogP contribution is 2.45. The van der Waals surface area contributed by atoms with E-state index in [9.17, 15) is 14.0 Å². The summed E-state index contributed by atoms with van der Waals surface area (Å²) in [7, 11) is 3.93. The molecule has 0 saturated heterocycles. The summed E-state index contributed by atoms with van der Waals surface area (Å²) in [5, 5.41) is 3.74. The van der Waals surface area contributed by atoms with Crippen LogP contribution in [-0.2, 0) is 12.0 Å². The number of primary amides is 1. The Morgan fingerprint density at radius 2 is 1.84 bits per heavy atom. The maximum atomic E-state index is 13.5. The predicted octanol–water partition coefficient (Wildman–Crippen LogP) is 5.68. The molecule has 224 valence electrons. The van der Waals surface area contributed by atoms with E-state index in [2.05, 4.69) is 10.3 Å². The molecule has 1 aliphatic rings. The summed E-state index contributed by atoms with van der Waals surface area (Å²) in [6.07, 6.45) is 3.65. The van der Waals surface area contributed by atoms with Gasteiger partial charge < -0.3 is 25.1 Å². The fourth-order valence-electron chi connectivity index (χ4n) is 5.36. The Hall–Kier alpha value is -5.02. The van der Waals surface area contributed by atoms with E-state index in [0.29, 0.717) is 46.8 Å². The molecule has 1 fully saturated rings. The molecule has 0 unspecified atom stereocenters. The molecule has 1 saturated carbocycles. The van der Waals surface area contributed by atoms with Crippen molar-refractivity contribution < 1.29 is 23.1 Å². The number of halogens is 1. The molecule has 0 atom stereocenters. The van der Waals surface area contributed by atoms with Crippen molar-refractivity contribution in [2.24, 2.45) is 5.73 Å². The lowest BCUT2D eigenvalue weighted by molar-refractivity contribution is 0.0928. The van der Waals surface area contributed by atoms with Gasteiger partial charge in [0.05, 0.1) is 16.8 Å². The summed E-state index contributed by atoms with van der Waals surface area (Å²) in [5.74, 6) is -0.182. The highest BCUT2D eigenvalue weighted by atomic mass is 19.1. The average Bonchev–Trinajstić information content (AvgIpc) is 3.70. The number of benzene rings is 3. The van der Waals surface area contributed by atoms with Gasteiger partial charge >= 0.3 is 0 Å². The van der Waals surface area contributed by atoms with Gasteiger partial charge in [0, 0.05) is 35.7 Å². The number of aromatic nitrogens is 1. The fraction of sp³-hybridized carbons (Fsp3) is 0.229. The Morgan fingerprint density at radius 1 is 1.05 bits per heavy atom. The van der Waals surface area contributed by atoms with Crippen LogP contribution in [0.5, 0.6) is 5.75 Å². The highest BCUT2D eigenvalue weighted by molar-refractivity contribution is 6.07. The van der Waals surface area contributed by atoms with E-state index in [-0.39, 0.29) is 23.7 Å². The second-order valence-corrected chi connectivity index (χ2v) is 11.4. The second kappa shape index (κ2) is 11.9. The number of nitrogens with two attached hydrogens (primary N) is 1. The zero-order valence-corrected chi connectivity index (χ0v) is 24.6. The third-order valence-corrected chi connectivity index (χ3v) is 7.89. The summed E-state index contributed by atoms with van der Waals surface area (Å²) in [6, 6.07) is 22.6. The van der Waals surface area contributed by atoms with Crippen molar-refractivity contribution in [1.29, 1.82) is 0 Å². The van der Waals surface area contributed by atoms with Crippen LogP contribution in [0, 0.1) is 5.82 Å². The molecule has 2 amide bonds. The van der Waals surface area contributed by atoms with Crippen molar-refractivity contribution in [3.05, 3.63) is 119 Å². The van der Waals surface area contributed by atoms with Crippen LogP contribution in [0.15, 0.2) is 89.5 Å². The fourth-order valence-corrected chi connectivity index (χ4v) is 5.36. The molecule has 2 heterocycles. The van der Waals surface area contributed by atoms with Crippen LogP contribution in [0.4, 0.5) is 4.39 Å². The van der Waals surface area contributed by atoms with Crippen molar-refractivity contribution in [1.82, 2.24) is 15.2 Å². The first-order valence-electron chi connectivity index (χ1n) is 14.5. The summed E-state index contributed by atoms with van der Waals surface area (Å²) < 4.78 is 25.7. The molecule has 0 spiro atoms. The van der Waals surface area contributed by atoms with Crippen LogP contribution in [0.1, 0.15) is 50.6 Å². The lowest BCUT2D eigenvalue weighted by Gasteiger charge is -2.18. The van der Waals surface area contributed by atoms with E-state index in [4.69, 9.17) is 14.9 Å². The number of carbonyl (C=O) groups is 2. The van der Waals surface area contributed by atoms with Crippen molar-refractivity contribution in [3.8, 4) is 16.9 Å². The first-order chi connectivity index (χ1) is 21.2. The first kappa shape index (κ1) is 29.1. The minimum Gasteiger partial charge on any atom is -0.492 e. The normalized spacial score (nSPS) is 13.6. The molecule has 8 nitrogen and oxygen atoms in total. The molecule has 0 radical (unpaired) electrons. The van der Waals surface area contributed by atoms with Crippen molar-refractivity contribution >= 4 is 22.8 Å². The number of furan rings is 1. The lowest BCUT2D eigenvalue weighted by atomic mass is 9.98. The van der Waals surface area contributed by atoms with Gasteiger partial charge in [-0.25, -0.2) is 4.39 Å². The monoisotopic (exact) mass is 592 g/mol. The van der Waals surface area contributed by atoms with E-state index in [0.717, 1.165) is 29.7 Å². The SMILES string of the molecule is CN(C)CCOc1ccc(C(=O)NC2(c3ccccn3)CC2)cc1-c1ccc2oc(Cc3ccc(F)cc3)c(C(N)=O)c2c1. The number of nitrogens with one attached hydrogen (secondary N) is 1. The number of pyridine rings is 1. The summed E-state index contributed by atoms with van der Waals surface area (Å²) >= 11 is 0. The molecular formula is C35H33FN4O4. The Kier molecular flexibility index (Phi) is 7.88. The molecular weight excluding hydrogens is 559 g/mol. The van der Waals surface area contributed by atoms with Gasteiger partial charge in [0.25, 0.3) is 11.8 Å². The number of hydrogen-bond donors (Lipinski definition) is 2. The molecule has 9 heteroatoms. The van der Waals surface area contributed by atoms with Crippen LogP contribution in [0.2, 0.25) is 0 Å². The van der Waals surface area contributed by atoms with Gasteiger partial charge in [-0.05, 0) is 92.7 Å². The summed E-state index contributed by atoms with van der Waals surface area (Å²) in [6.45, 7) is 1.14. The molecule has 2 aromatic heterocycles. The third-order valence-electron chi connectivity index (χ3n) is 7.89. The molecule has 1 aliphatic carbocycles. The van der Waals surface area contributed by atoms with Crippen LogP contribution in [0.25, 0.3) is 22.1 Å². The van der Waals surface area contributed by atoms with Crippen LogP contribution in [0.3, 0.4) is 0 Å². The maximum Gasteiger partial charge on any atom is 0.252 e. The van der Waals surface area contributed by atoms with E-state index in [1.807, 2.05) is 49.3 Å². The van der Waals surface area contributed by atoms with Gasteiger partial charge in [-0.2, -0.15) is 0 Å². The Bertz CT molecular complexity index is 1830. The predicted molar refractivity (Wildman–Crippen MR) is 166 cm³/mol. The zero-order valence-electron chi connectivity index (χ0n) is 24.6. The number of fused-ring (bicyclic) bond motifs is 1.